The van der Waals surface area contributed by atoms with E-state index in [1.165, 1.54) is 5.56 Å². The molecule has 0 aliphatic carbocycles. The lowest BCUT2D eigenvalue weighted by Gasteiger charge is -2.29. The summed E-state index contributed by atoms with van der Waals surface area (Å²) in [6.45, 7) is 8.40. The summed E-state index contributed by atoms with van der Waals surface area (Å²) >= 11 is 0. The Labute approximate surface area is 98.5 Å². The Morgan fingerprint density at radius 3 is 1.94 bits per heavy atom. The fourth-order valence-electron chi connectivity index (χ4n) is 1.64. The normalized spacial score (nSPS) is 14.2. The Morgan fingerprint density at radius 2 is 1.56 bits per heavy atom. The van der Waals surface area contributed by atoms with E-state index in [1.54, 1.807) is 0 Å². The van der Waals surface area contributed by atoms with E-state index in [-0.39, 0.29) is 18.1 Å². The second-order valence-corrected chi connectivity index (χ2v) is 5.45. The van der Waals surface area contributed by atoms with Gasteiger partial charge in [-0.15, -0.1) is 0 Å². The van der Waals surface area contributed by atoms with E-state index in [2.05, 4.69) is 38.1 Å². The van der Waals surface area contributed by atoms with Crippen molar-refractivity contribution in [3.05, 3.63) is 35.4 Å². The van der Waals surface area contributed by atoms with Gasteiger partial charge in [0.25, 0.3) is 0 Å². The van der Waals surface area contributed by atoms with Crippen LogP contribution in [-0.2, 0) is 0 Å². The van der Waals surface area contributed by atoms with Crippen LogP contribution in [0.2, 0.25) is 0 Å². The average Bonchev–Trinajstić information content (AvgIpc) is 2.28. The topological polar surface area (TPSA) is 46.2 Å². The Kier molecular flexibility index (Phi) is 4.11. The monoisotopic (exact) mass is 221 g/mol. The lowest BCUT2D eigenvalue weighted by Crippen LogP contribution is -2.32. The maximum absolute atomic E-state index is 9.29. The van der Waals surface area contributed by atoms with Crippen LogP contribution in [0.1, 0.15) is 50.8 Å². The van der Waals surface area contributed by atoms with Gasteiger partial charge >= 0.3 is 0 Å². The minimum Gasteiger partial charge on any atom is -0.396 e. The van der Waals surface area contributed by atoms with E-state index in [0.717, 1.165) is 5.56 Å². The first-order valence-corrected chi connectivity index (χ1v) is 5.85. The Balaban J connectivity index is 2.90. The van der Waals surface area contributed by atoms with Crippen molar-refractivity contribution in [1.29, 1.82) is 0 Å². The molecule has 1 aromatic carbocycles. The molecule has 0 aliphatic rings. The second kappa shape index (κ2) is 4.98. The highest BCUT2D eigenvalue weighted by Crippen LogP contribution is 2.31. The minimum absolute atomic E-state index is 0.0973. The number of hydrogen-bond acceptors (Lipinski definition) is 2. The van der Waals surface area contributed by atoms with Crippen LogP contribution in [0.25, 0.3) is 0 Å². The van der Waals surface area contributed by atoms with Crippen LogP contribution in [0.3, 0.4) is 0 Å². The molecule has 3 N–H and O–H groups in total. The quantitative estimate of drug-likeness (QED) is 0.821. The molecule has 0 radical (unpaired) electrons. The van der Waals surface area contributed by atoms with E-state index >= 15 is 0 Å². The van der Waals surface area contributed by atoms with Crippen molar-refractivity contribution in [2.75, 3.05) is 6.61 Å². The molecule has 1 atom stereocenters. The second-order valence-electron chi connectivity index (χ2n) is 5.45. The average molecular weight is 221 g/mol. The van der Waals surface area contributed by atoms with Crippen molar-refractivity contribution in [2.45, 2.75) is 39.7 Å². The number of benzene rings is 1. The van der Waals surface area contributed by atoms with Gasteiger partial charge in [-0.2, -0.15) is 0 Å². The van der Waals surface area contributed by atoms with Crippen LogP contribution in [0.5, 0.6) is 0 Å². The predicted molar refractivity (Wildman–Crippen MR) is 68.3 cm³/mol. The van der Waals surface area contributed by atoms with E-state index in [0.29, 0.717) is 5.92 Å². The van der Waals surface area contributed by atoms with E-state index in [9.17, 15) is 5.11 Å². The molecule has 1 aromatic rings. The molecular weight excluding hydrogens is 198 g/mol. The van der Waals surface area contributed by atoms with Gasteiger partial charge in [-0.25, -0.2) is 0 Å². The third-order valence-corrected chi connectivity index (χ3v) is 3.21. The molecule has 0 saturated heterocycles. The first kappa shape index (κ1) is 13.2. The SMILES string of the molecule is CC(C)c1ccc([C@H](N)C(C)(C)CO)cc1. The van der Waals surface area contributed by atoms with Gasteiger partial charge in [-0.1, -0.05) is 52.0 Å². The molecule has 0 aliphatic heterocycles. The highest BCUT2D eigenvalue weighted by molar-refractivity contribution is 5.27. The molecule has 90 valence electrons. The number of hydrogen-bond donors (Lipinski definition) is 2. The Bertz CT molecular complexity index is 327. The summed E-state index contributed by atoms with van der Waals surface area (Å²) in [4.78, 5) is 0. The highest BCUT2D eigenvalue weighted by atomic mass is 16.3. The molecule has 2 heteroatoms. The zero-order chi connectivity index (χ0) is 12.3. The molecule has 1 rings (SSSR count). The molecule has 0 heterocycles. The largest absolute Gasteiger partial charge is 0.396 e. The van der Waals surface area contributed by atoms with Crippen molar-refractivity contribution in [3.63, 3.8) is 0 Å². The first-order chi connectivity index (χ1) is 7.38. The lowest BCUT2D eigenvalue weighted by molar-refractivity contribution is 0.132. The van der Waals surface area contributed by atoms with Crippen LogP contribution in [0, 0.1) is 5.41 Å². The van der Waals surface area contributed by atoms with Crippen molar-refractivity contribution in [2.24, 2.45) is 11.1 Å². The summed E-state index contributed by atoms with van der Waals surface area (Å²) in [7, 11) is 0. The number of aliphatic hydroxyl groups is 1. The summed E-state index contributed by atoms with van der Waals surface area (Å²) in [5.41, 5.74) is 8.27. The van der Waals surface area contributed by atoms with Crippen LogP contribution in [-0.4, -0.2) is 11.7 Å². The van der Waals surface area contributed by atoms with Crippen LogP contribution >= 0.6 is 0 Å². The van der Waals surface area contributed by atoms with Crippen molar-refractivity contribution in [1.82, 2.24) is 0 Å². The third kappa shape index (κ3) is 2.83. The van der Waals surface area contributed by atoms with Gasteiger partial charge in [-0.3, -0.25) is 0 Å². The molecule has 0 spiro atoms. The van der Waals surface area contributed by atoms with Gasteiger partial charge in [0, 0.05) is 18.1 Å². The van der Waals surface area contributed by atoms with Gasteiger partial charge < -0.3 is 10.8 Å². The smallest absolute Gasteiger partial charge is 0.0500 e. The standard InChI is InChI=1S/C14H23NO/c1-10(2)11-5-7-12(8-6-11)13(15)14(3,4)9-16/h5-8,10,13,16H,9,15H2,1-4H3/t13-/m0/s1. The number of aliphatic hydroxyl groups excluding tert-OH is 1. The zero-order valence-corrected chi connectivity index (χ0v) is 10.7. The van der Waals surface area contributed by atoms with Gasteiger partial charge in [0.15, 0.2) is 0 Å². The van der Waals surface area contributed by atoms with Crippen molar-refractivity contribution < 1.29 is 5.11 Å². The van der Waals surface area contributed by atoms with Crippen molar-refractivity contribution in [3.8, 4) is 0 Å². The molecule has 0 saturated carbocycles. The number of nitrogens with two attached hydrogens (primary N) is 1. The molecule has 2 nitrogen and oxygen atoms in total. The van der Waals surface area contributed by atoms with Gasteiger partial charge in [0.05, 0.1) is 0 Å². The third-order valence-electron chi connectivity index (χ3n) is 3.21. The van der Waals surface area contributed by atoms with E-state index < -0.39 is 0 Å². The number of rotatable bonds is 4. The zero-order valence-electron chi connectivity index (χ0n) is 10.7. The lowest BCUT2D eigenvalue weighted by atomic mass is 9.81. The van der Waals surface area contributed by atoms with Gasteiger partial charge in [0.2, 0.25) is 0 Å². The fourth-order valence-corrected chi connectivity index (χ4v) is 1.64. The Morgan fingerprint density at radius 1 is 1.12 bits per heavy atom. The maximum Gasteiger partial charge on any atom is 0.0500 e. The van der Waals surface area contributed by atoms with E-state index in [4.69, 9.17) is 5.73 Å². The van der Waals surface area contributed by atoms with Gasteiger partial charge in [0.1, 0.15) is 0 Å². The molecule has 0 amide bonds. The summed E-state index contributed by atoms with van der Waals surface area (Å²) in [5, 5.41) is 9.29. The molecule has 16 heavy (non-hydrogen) atoms. The van der Waals surface area contributed by atoms with E-state index in [1.807, 2.05) is 13.8 Å². The molecule has 0 fully saturated rings. The highest BCUT2D eigenvalue weighted by Gasteiger charge is 2.26. The van der Waals surface area contributed by atoms with Gasteiger partial charge in [-0.05, 0) is 17.0 Å². The molecule has 0 unspecified atom stereocenters. The minimum atomic E-state index is -0.278. The summed E-state index contributed by atoms with van der Waals surface area (Å²) in [6, 6.07) is 8.24. The molecular formula is C14H23NO. The Hall–Kier alpha value is -0.860. The molecule has 0 aromatic heterocycles. The maximum atomic E-state index is 9.29. The predicted octanol–water partition coefficient (Wildman–Crippen LogP) is 2.83. The summed E-state index contributed by atoms with van der Waals surface area (Å²) < 4.78 is 0. The van der Waals surface area contributed by atoms with Crippen molar-refractivity contribution >= 4 is 0 Å². The summed E-state index contributed by atoms with van der Waals surface area (Å²) in [6.07, 6.45) is 0. The van der Waals surface area contributed by atoms with Crippen LogP contribution < -0.4 is 5.73 Å². The van der Waals surface area contributed by atoms with Crippen LogP contribution in [0.15, 0.2) is 24.3 Å². The fraction of sp³-hybridized carbons (Fsp3) is 0.571. The molecule has 0 bridgehead atoms. The van der Waals surface area contributed by atoms with Crippen LogP contribution in [0.4, 0.5) is 0 Å². The summed E-state index contributed by atoms with van der Waals surface area (Å²) in [5.74, 6) is 0.538. The first-order valence-electron chi connectivity index (χ1n) is 5.85.